The van der Waals surface area contributed by atoms with E-state index in [1.807, 2.05) is 54.6 Å². The van der Waals surface area contributed by atoms with Gasteiger partial charge >= 0.3 is 0 Å². The lowest BCUT2D eigenvalue weighted by Crippen LogP contribution is -1.98. The molecular formula is C14H11Cl2. The zero-order valence-electron chi connectivity index (χ0n) is 8.66. The third-order valence-corrected chi connectivity index (χ3v) is 3.13. The zero-order chi connectivity index (χ0) is 11.4. The molecular weight excluding hydrogens is 239 g/mol. The molecule has 1 radical (unpaired) electrons. The predicted octanol–water partition coefficient (Wildman–Crippen LogP) is 4.59. The van der Waals surface area contributed by atoms with Crippen LogP contribution in [-0.4, -0.2) is 0 Å². The molecule has 0 spiro atoms. The molecule has 2 aromatic rings. The third kappa shape index (κ3) is 2.40. The largest absolute Gasteiger partial charge is 0.122 e. The summed E-state index contributed by atoms with van der Waals surface area (Å²) in [6.45, 7) is 0. The number of halogens is 2. The maximum atomic E-state index is 6.37. The van der Waals surface area contributed by atoms with Gasteiger partial charge in [-0.05, 0) is 16.7 Å². The highest BCUT2D eigenvalue weighted by atomic mass is 35.5. The maximum absolute atomic E-state index is 6.37. The first-order valence-electron chi connectivity index (χ1n) is 5.05. The molecule has 0 amide bonds. The van der Waals surface area contributed by atoms with Crippen LogP contribution in [0, 0.1) is 5.38 Å². The zero-order valence-corrected chi connectivity index (χ0v) is 10.2. The highest BCUT2D eigenvalue weighted by Crippen LogP contribution is 2.30. The van der Waals surface area contributed by atoms with Crippen LogP contribution in [0.1, 0.15) is 16.7 Å². The summed E-state index contributed by atoms with van der Waals surface area (Å²) in [6, 6.07) is 17.8. The monoisotopic (exact) mass is 249 g/mol. The highest BCUT2D eigenvalue weighted by Gasteiger charge is 2.14. The Balaban J connectivity index is 2.37. The lowest BCUT2D eigenvalue weighted by molar-refractivity contribution is 1.28. The molecule has 81 valence electrons. The van der Waals surface area contributed by atoms with Crippen molar-refractivity contribution < 1.29 is 0 Å². The Labute approximate surface area is 106 Å². The Hall–Kier alpha value is -0.980. The average Bonchev–Trinajstić information content (AvgIpc) is 2.39. The van der Waals surface area contributed by atoms with E-state index in [1.54, 1.807) is 0 Å². The van der Waals surface area contributed by atoms with Crippen molar-refractivity contribution in [1.82, 2.24) is 0 Å². The molecule has 2 aromatic carbocycles. The van der Waals surface area contributed by atoms with Crippen molar-refractivity contribution in [1.29, 1.82) is 0 Å². The van der Waals surface area contributed by atoms with Gasteiger partial charge in [0.1, 0.15) is 5.38 Å². The van der Waals surface area contributed by atoms with Crippen molar-refractivity contribution in [3.05, 3.63) is 76.7 Å². The van der Waals surface area contributed by atoms with E-state index >= 15 is 0 Å². The molecule has 2 heteroatoms. The van der Waals surface area contributed by atoms with Crippen LogP contribution >= 0.6 is 23.2 Å². The molecule has 0 aliphatic rings. The topological polar surface area (TPSA) is 0 Å². The van der Waals surface area contributed by atoms with Gasteiger partial charge in [-0.15, -0.1) is 23.2 Å². The minimum Gasteiger partial charge on any atom is -0.122 e. The van der Waals surface area contributed by atoms with Crippen molar-refractivity contribution in [2.75, 3.05) is 0 Å². The van der Waals surface area contributed by atoms with E-state index in [4.69, 9.17) is 23.2 Å². The molecule has 0 aromatic heterocycles. The maximum Gasteiger partial charge on any atom is 0.122 e. The number of rotatable bonds is 3. The van der Waals surface area contributed by atoms with Crippen LogP contribution in [0.5, 0.6) is 0 Å². The summed E-state index contributed by atoms with van der Waals surface area (Å²) in [6.07, 6.45) is 0. The van der Waals surface area contributed by atoms with Gasteiger partial charge in [0, 0.05) is 5.88 Å². The van der Waals surface area contributed by atoms with Gasteiger partial charge in [0.25, 0.3) is 0 Å². The Bertz CT molecular complexity index is 451. The molecule has 0 nitrogen and oxygen atoms in total. The quantitative estimate of drug-likeness (QED) is 0.699. The van der Waals surface area contributed by atoms with Crippen molar-refractivity contribution in [3.63, 3.8) is 0 Å². The lowest BCUT2D eigenvalue weighted by Gasteiger charge is -2.12. The van der Waals surface area contributed by atoms with Gasteiger partial charge in [0.2, 0.25) is 0 Å². The minimum atomic E-state index is 0.471. The summed E-state index contributed by atoms with van der Waals surface area (Å²) in [5, 5.41) is 0.747. The molecule has 16 heavy (non-hydrogen) atoms. The van der Waals surface area contributed by atoms with Crippen LogP contribution < -0.4 is 0 Å². The number of hydrogen-bond donors (Lipinski definition) is 0. The van der Waals surface area contributed by atoms with Gasteiger partial charge in [0.05, 0.1) is 0 Å². The van der Waals surface area contributed by atoms with Crippen molar-refractivity contribution >= 4 is 23.2 Å². The smallest absolute Gasteiger partial charge is 0.122 e. The molecule has 0 fully saturated rings. The Morgan fingerprint density at radius 2 is 1.50 bits per heavy atom. The Kier molecular flexibility index (Phi) is 3.87. The number of benzene rings is 2. The molecule has 0 unspecified atom stereocenters. The van der Waals surface area contributed by atoms with Gasteiger partial charge in [-0.25, -0.2) is 0 Å². The molecule has 0 saturated carbocycles. The number of alkyl halides is 1. The van der Waals surface area contributed by atoms with Crippen LogP contribution in [-0.2, 0) is 5.88 Å². The summed E-state index contributed by atoms with van der Waals surface area (Å²) >= 11 is 12.3. The van der Waals surface area contributed by atoms with E-state index < -0.39 is 0 Å². The summed E-state index contributed by atoms with van der Waals surface area (Å²) in [5.41, 5.74) is 3.07. The van der Waals surface area contributed by atoms with Gasteiger partial charge < -0.3 is 0 Å². The Morgan fingerprint density at radius 3 is 2.19 bits per heavy atom. The highest BCUT2D eigenvalue weighted by molar-refractivity contribution is 6.31. The first-order valence-corrected chi connectivity index (χ1v) is 5.96. The summed E-state index contributed by atoms with van der Waals surface area (Å²) in [7, 11) is 0. The molecule has 2 rings (SSSR count). The molecule has 0 aliphatic carbocycles. The van der Waals surface area contributed by atoms with E-state index in [-0.39, 0.29) is 0 Å². The predicted molar refractivity (Wildman–Crippen MR) is 69.7 cm³/mol. The second-order valence-electron chi connectivity index (χ2n) is 3.47. The van der Waals surface area contributed by atoms with E-state index in [0.29, 0.717) is 5.88 Å². The average molecular weight is 250 g/mol. The van der Waals surface area contributed by atoms with Crippen LogP contribution in [0.2, 0.25) is 0 Å². The second-order valence-corrected chi connectivity index (χ2v) is 4.12. The first kappa shape index (κ1) is 11.5. The van der Waals surface area contributed by atoms with Crippen molar-refractivity contribution in [3.8, 4) is 0 Å². The number of hydrogen-bond acceptors (Lipinski definition) is 0. The SMILES string of the molecule is ClCc1ccccc1[C](Cl)c1ccccc1. The molecule has 0 aliphatic heterocycles. The van der Waals surface area contributed by atoms with Gasteiger partial charge in [-0.3, -0.25) is 0 Å². The van der Waals surface area contributed by atoms with Crippen molar-refractivity contribution in [2.45, 2.75) is 5.88 Å². The second kappa shape index (κ2) is 5.38. The standard InChI is InChI=1S/C14H11Cl2/c15-10-12-8-4-5-9-13(12)14(16)11-6-2-1-3-7-11/h1-9H,10H2. The summed E-state index contributed by atoms with van der Waals surface area (Å²) in [5.74, 6) is 0.471. The molecule has 0 atom stereocenters. The fourth-order valence-electron chi connectivity index (χ4n) is 1.59. The molecule has 0 bridgehead atoms. The fourth-order valence-corrected chi connectivity index (χ4v) is 2.13. The summed E-state index contributed by atoms with van der Waals surface area (Å²) < 4.78 is 0. The van der Waals surface area contributed by atoms with Gasteiger partial charge in [-0.1, -0.05) is 54.6 Å². The van der Waals surface area contributed by atoms with Crippen LogP contribution in [0.4, 0.5) is 0 Å². The van der Waals surface area contributed by atoms with Gasteiger partial charge in [0.15, 0.2) is 0 Å². The van der Waals surface area contributed by atoms with Crippen LogP contribution in [0.25, 0.3) is 0 Å². The normalized spacial score (nSPS) is 10.7. The van der Waals surface area contributed by atoms with E-state index in [2.05, 4.69) is 0 Å². The first-order chi connectivity index (χ1) is 7.83. The van der Waals surface area contributed by atoms with E-state index in [0.717, 1.165) is 22.1 Å². The van der Waals surface area contributed by atoms with E-state index in [9.17, 15) is 0 Å². The lowest BCUT2D eigenvalue weighted by atomic mass is 10.0. The molecule has 0 N–H and O–H groups in total. The van der Waals surface area contributed by atoms with Crippen LogP contribution in [0.3, 0.4) is 0 Å². The minimum absolute atomic E-state index is 0.471. The summed E-state index contributed by atoms with van der Waals surface area (Å²) in [4.78, 5) is 0. The fraction of sp³-hybridized carbons (Fsp3) is 0.0714. The molecule has 0 heterocycles. The Morgan fingerprint density at radius 1 is 0.875 bits per heavy atom. The van der Waals surface area contributed by atoms with E-state index in [1.165, 1.54) is 0 Å². The molecule has 0 saturated heterocycles. The van der Waals surface area contributed by atoms with Crippen LogP contribution in [0.15, 0.2) is 54.6 Å². The third-order valence-electron chi connectivity index (χ3n) is 2.43. The van der Waals surface area contributed by atoms with Crippen molar-refractivity contribution in [2.24, 2.45) is 0 Å². The van der Waals surface area contributed by atoms with Gasteiger partial charge in [-0.2, -0.15) is 0 Å².